The maximum atomic E-state index is 11.0. The molecule has 0 radical (unpaired) electrons. The van der Waals surface area contributed by atoms with Gasteiger partial charge in [0.1, 0.15) is 17.1 Å². The average molecular weight is 342 g/mol. The first-order chi connectivity index (χ1) is 12.1. The summed E-state index contributed by atoms with van der Waals surface area (Å²) in [6.45, 7) is 2.68. The van der Waals surface area contributed by atoms with Crippen LogP contribution in [0.3, 0.4) is 0 Å². The molecule has 25 heavy (non-hydrogen) atoms. The standard InChI is InChI=1S/C21H26O4/c1-2-25-20-12-8-7-11-17(20)10-6-4-3-5-9-16-13-14-19(22)18(15-16)21(23)24/h7-8,11-15,22H,2-6,9-10H2,1H3,(H,23,24). The van der Waals surface area contributed by atoms with Crippen molar-refractivity contribution in [2.45, 2.75) is 45.4 Å². The van der Waals surface area contributed by atoms with Crippen LogP contribution >= 0.6 is 0 Å². The van der Waals surface area contributed by atoms with E-state index in [1.165, 1.54) is 11.6 Å². The number of rotatable bonds is 10. The van der Waals surface area contributed by atoms with Crippen LogP contribution in [0.2, 0.25) is 0 Å². The summed E-state index contributed by atoms with van der Waals surface area (Å²) >= 11 is 0. The zero-order valence-corrected chi connectivity index (χ0v) is 14.7. The van der Waals surface area contributed by atoms with E-state index in [1.54, 1.807) is 12.1 Å². The second-order valence-corrected chi connectivity index (χ2v) is 6.11. The van der Waals surface area contributed by atoms with Crippen LogP contribution < -0.4 is 4.74 Å². The lowest BCUT2D eigenvalue weighted by Crippen LogP contribution is -1.98. The van der Waals surface area contributed by atoms with E-state index in [4.69, 9.17) is 9.84 Å². The SMILES string of the molecule is CCOc1ccccc1CCCCCCc1ccc(O)c(C(=O)O)c1. The van der Waals surface area contributed by atoms with Gasteiger partial charge in [0.05, 0.1) is 6.61 Å². The molecular weight excluding hydrogens is 316 g/mol. The molecule has 0 saturated carbocycles. The maximum Gasteiger partial charge on any atom is 0.339 e. The number of aryl methyl sites for hydroxylation is 2. The van der Waals surface area contributed by atoms with Gasteiger partial charge >= 0.3 is 5.97 Å². The van der Waals surface area contributed by atoms with E-state index >= 15 is 0 Å². The van der Waals surface area contributed by atoms with Crippen molar-refractivity contribution in [2.75, 3.05) is 6.61 Å². The number of carboxylic acids is 1. The molecule has 0 saturated heterocycles. The smallest absolute Gasteiger partial charge is 0.339 e. The lowest BCUT2D eigenvalue weighted by molar-refractivity contribution is 0.0693. The van der Waals surface area contributed by atoms with Crippen LogP contribution in [0.1, 0.15) is 54.1 Å². The van der Waals surface area contributed by atoms with Crippen molar-refractivity contribution in [3.63, 3.8) is 0 Å². The first-order valence-electron chi connectivity index (χ1n) is 8.87. The molecule has 0 bridgehead atoms. The molecule has 2 aromatic carbocycles. The number of carboxylic acid groups (broad SMARTS) is 1. The van der Waals surface area contributed by atoms with Crippen LogP contribution in [0.4, 0.5) is 0 Å². The van der Waals surface area contributed by atoms with Gasteiger partial charge in [0, 0.05) is 0 Å². The molecular formula is C21H26O4. The lowest BCUT2D eigenvalue weighted by atomic mass is 10.0. The predicted molar refractivity (Wildman–Crippen MR) is 98.6 cm³/mol. The summed E-state index contributed by atoms with van der Waals surface area (Å²) in [5, 5.41) is 18.6. The normalized spacial score (nSPS) is 10.6. The molecule has 0 unspecified atom stereocenters. The Hall–Kier alpha value is -2.49. The van der Waals surface area contributed by atoms with Gasteiger partial charge < -0.3 is 14.9 Å². The van der Waals surface area contributed by atoms with Crippen molar-refractivity contribution >= 4 is 5.97 Å². The Morgan fingerprint density at radius 1 is 1.00 bits per heavy atom. The van der Waals surface area contributed by atoms with Gasteiger partial charge in [-0.15, -0.1) is 0 Å². The van der Waals surface area contributed by atoms with Crippen molar-refractivity contribution in [1.82, 2.24) is 0 Å². The largest absolute Gasteiger partial charge is 0.507 e. The quantitative estimate of drug-likeness (QED) is 0.607. The molecule has 2 aromatic rings. The molecule has 0 aliphatic carbocycles. The number of hydrogen-bond acceptors (Lipinski definition) is 3. The van der Waals surface area contributed by atoms with E-state index in [9.17, 15) is 9.90 Å². The molecule has 0 atom stereocenters. The van der Waals surface area contributed by atoms with E-state index in [2.05, 4.69) is 6.07 Å². The third kappa shape index (κ3) is 5.82. The van der Waals surface area contributed by atoms with Crippen LogP contribution in [-0.4, -0.2) is 22.8 Å². The average Bonchev–Trinajstić information content (AvgIpc) is 2.60. The summed E-state index contributed by atoms with van der Waals surface area (Å²) in [4.78, 5) is 11.0. The maximum absolute atomic E-state index is 11.0. The number of aromatic carboxylic acids is 1. The summed E-state index contributed by atoms with van der Waals surface area (Å²) in [6.07, 6.45) is 6.19. The Balaban J connectivity index is 1.72. The summed E-state index contributed by atoms with van der Waals surface area (Å²) in [5.41, 5.74) is 2.19. The lowest BCUT2D eigenvalue weighted by Gasteiger charge is -2.09. The van der Waals surface area contributed by atoms with Gasteiger partial charge in [-0.1, -0.05) is 37.1 Å². The molecule has 4 heteroatoms. The van der Waals surface area contributed by atoms with E-state index < -0.39 is 5.97 Å². The van der Waals surface area contributed by atoms with Crippen molar-refractivity contribution in [3.05, 3.63) is 59.2 Å². The van der Waals surface area contributed by atoms with E-state index in [1.807, 2.05) is 25.1 Å². The zero-order valence-electron chi connectivity index (χ0n) is 14.7. The van der Waals surface area contributed by atoms with Gasteiger partial charge in [-0.25, -0.2) is 4.79 Å². The Labute approximate surface area is 149 Å². The van der Waals surface area contributed by atoms with Crippen molar-refractivity contribution < 1.29 is 19.7 Å². The third-order valence-corrected chi connectivity index (χ3v) is 4.23. The van der Waals surface area contributed by atoms with Gasteiger partial charge in [0.15, 0.2) is 0 Å². The van der Waals surface area contributed by atoms with Gasteiger partial charge in [-0.2, -0.15) is 0 Å². The number of aromatic hydroxyl groups is 1. The van der Waals surface area contributed by atoms with E-state index in [0.717, 1.165) is 49.8 Å². The molecule has 4 nitrogen and oxygen atoms in total. The number of carbonyl (C=O) groups is 1. The molecule has 0 heterocycles. The summed E-state index contributed by atoms with van der Waals surface area (Å²) in [7, 11) is 0. The van der Waals surface area contributed by atoms with Gasteiger partial charge in [-0.05, 0) is 61.9 Å². The Morgan fingerprint density at radius 2 is 1.72 bits per heavy atom. The van der Waals surface area contributed by atoms with Crippen LogP contribution in [0.15, 0.2) is 42.5 Å². The molecule has 0 aliphatic rings. The Kier molecular flexibility index (Phi) is 7.33. The molecule has 0 spiro atoms. The molecule has 0 fully saturated rings. The molecule has 0 amide bonds. The van der Waals surface area contributed by atoms with Gasteiger partial charge in [0.25, 0.3) is 0 Å². The summed E-state index contributed by atoms with van der Waals surface area (Å²) < 4.78 is 5.64. The highest BCUT2D eigenvalue weighted by molar-refractivity contribution is 5.90. The number of hydrogen-bond donors (Lipinski definition) is 2. The number of benzene rings is 2. The molecule has 0 aliphatic heterocycles. The van der Waals surface area contributed by atoms with Crippen LogP contribution in [0.25, 0.3) is 0 Å². The zero-order chi connectivity index (χ0) is 18.1. The second kappa shape index (κ2) is 9.72. The highest BCUT2D eigenvalue weighted by atomic mass is 16.5. The number of para-hydroxylation sites is 1. The number of unbranched alkanes of at least 4 members (excludes halogenated alkanes) is 3. The molecule has 2 rings (SSSR count). The highest BCUT2D eigenvalue weighted by Gasteiger charge is 2.09. The highest BCUT2D eigenvalue weighted by Crippen LogP contribution is 2.22. The van der Waals surface area contributed by atoms with Gasteiger partial charge in [-0.3, -0.25) is 0 Å². The minimum atomic E-state index is -1.09. The van der Waals surface area contributed by atoms with Crippen molar-refractivity contribution in [1.29, 1.82) is 0 Å². The van der Waals surface area contributed by atoms with Crippen molar-refractivity contribution in [3.8, 4) is 11.5 Å². The first-order valence-corrected chi connectivity index (χ1v) is 8.87. The summed E-state index contributed by atoms with van der Waals surface area (Å²) in [6, 6.07) is 13.0. The Bertz CT molecular complexity index is 694. The topological polar surface area (TPSA) is 66.8 Å². The van der Waals surface area contributed by atoms with Crippen molar-refractivity contribution in [2.24, 2.45) is 0 Å². The van der Waals surface area contributed by atoms with Crippen LogP contribution in [0, 0.1) is 0 Å². The van der Waals surface area contributed by atoms with Gasteiger partial charge in [0.2, 0.25) is 0 Å². The minimum Gasteiger partial charge on any atom is -0.507 e. The van der Waals surface area contributed by atoms with E-state index in [-0.39, 0.29) is 11.3 Å². The predicted octanol–water partition coefficient (Wildman–Crippen LogP) is 4.83. The second-order valence-electron chi connectivity index (χ2n) is 6.11. The fourth-order valence-electron chi connectivity index (χ4n) is 2.91. The fourth-order valence-corrected chi connectivity index (χ4v) is 2.91. The molecule has 134 valence electrons. The van der Waals surface area contributed by atoms with Crippen LogP contribution in [-0.2, 0) is 12.8 Å². The monoisotopic (exact) mass is 342 g/mol. The summed E-state index contributed by atoms with van der Waals surface area (Å²) in [5.74, 6) is -0.285. The van der Waals surface area contributed by atoms with Crippen LogP contribution in [0.5, 0.6) is 11.5 Å². The third-order valence-electron chi connectivity index (χ3n) is 4.23. The Morgan fingerprint density at radius 3 is 2.44 bits per heavy atom. The molecule has 0 aromatic heterocycles. The first kappa shape index (κ1) is 18.8. The number of ether oxygens (including phenoxy) is 1. The molecule has 2 N–H and O–H groups in total. The van der Waals surface area contributed by atoms with E-state index in [0.29, 0.717) is 6.61 Å². The fraction of sp³-hybridized carbons (Fsp3) is 0.381. The minimum absolute atomic E-state index is 0.0231. The number of phenols is 1.